The Morgan fingerprint density at radius 3 is 2.73 bits per heavy atom. The molecule has 26 heavy (non-hydrogen) atoms. The summed E-state index contributed by atoms with van der Waals surface area (Å²) in [4.78, 5) is 27.5. The first-order chi connectivity index (χ1) is 12.6. The topological polar surface area (TPSA) is 49.4 Å². The van der Waals surface area contributed by atoms with E-state index in [4.69, 9.17) is 11.6 Å². The molecular weight excluding hydrogens is 348 g/mol. The van der Waals surface area contributed by atoms with E-state index in [1.807, 2.05) is 42.5 Å². The number of nitrogens with one attached hydrogen (secondary N) is 1. The third-order valence-electron chi connectivity index (χ3n) is 5.41. The Balaban J connectivity index is 1.58. The SMILES string of the molecule is O=C(NCc1ccccc1)C(c1cccc(Cl)c1)N1C(=O)[C@@H]2CCC[C@@H]21. The summed E-state index contributed by atoms with van der Waals surface area (Å²) in [6.07, 6.45) is 2.96. The lowest BCUT2D eigenvalue weighted by Crippen LogP contribution is -2.61. The van der Waals surface area contributed by atoms with Crippen LogP contribution in [0.25, 0.3) is 0 Å². The quantitative estimate of drug-likeness (QED) is 0.818. The molecule has 0 radical (unpaired) electrons. The van der Waals surface area contributed by atoms with Gasteiger partial charge in [-0.25, -0.2) is 0 Å². The monoisotopic (exact) mass is 368 g/mol. The highest BCUT2D eigenvalue weighted by Crippen LogP contribution is 2.45. The average Bonchev–Trinajstić information content (AvgIpc) is 3.09. The van der Waals surface area contributed by atoms with Crippen LogP contribution in [0, 0.1) is 5.92 Å². The van der Waals surface area contributed by atoms with E-state index in [0.717, 1.165) is 30.4 Å². The Hall–Kier alpha value is -2.33. The number of hydrogen-bond acceptors (Lipinski definition) is 2. The number of nitrogens with zero attached hydrogens (tertiary/aromatic N) is 1. The van der Waals surface area contributed by atoms with Gasteiger partial charge in [0.2, 0.25) is 11.8 Å². The Labute approximate surface area is 158 Å². The van der Waals surface area contributed by atoms with Gasteiger partial charge in [-0.2, -0.15) is 0 Å². The van der Waals surface area contributed by atoms with Crippen LogP contribution < -0.4 is 5.32 Å². The molecule has 2 aromatic rings. The van der Waals surface area contributed by atoms with Crippen molar-refractivity contribution in [1.82, 2.24) is 10.2 Å². The highest BCUT2D eigenvalue weighted by atomic mass is 35.5. The van der Waals surface area contributed by atoms with E-state index in [9.17, 15) is 9.59 Å². The molecule has 2 fully saturated rings. The molecule has 1 N–H and O–H groups in total. The largest absolute Gasteiger partial charge is 0.350 e. The fourth-order valence-corrected chi connectivity index (χ4v) is 4.35. The maximum Gasteiger partial charge on any atom is 0.247 e. The van der Waals surface area contributed by atoms with E-state index in [-0.39, 0.29) is 23.8 Å². The molecule has 0 aromatic heterocycles. The van der Waals surface area contributed by atoms with E-state index < -0.39 is 6.04 Å². The number of carbonyl (C=O) groups is 2. The Kier molecular flexibility index (Phi) is 4.68. The molecule has 0 bridgehead atoms. The van der Waals surface area contributed by atoms with Crippen LogP contribution in [-0.4, -0.2) is 22.8 Å². The van der Waals surface area contributed by atoms with Crippen molar-refractivity contribution in [3.05, 3.63) is 70.7 Å². The second-order valence-electron chi connectivity index (χ2n) is 7.01. The Bertz CT molecular complexity index is 824. The van der Waals surface area contributed by atoms with Gasteiger partial charge in [0.05, 0.1) is 5.92 Å². The maximum absolute atomic E-state index is 13.0. The van der Waals surface area contributed by atoms with Gasteiger partial charge in [0.25, 0.3) is 0 Å². The zero-order valence-corrected chi connectivity index (χ0v) is 15.2. The van der Waals surface area contributed by atoms with Crippen molar-refractivity contribution in [2.75, 3.05) is 0 Å². The summed E-state index contributed by atoms with van der Waals surface area (Å²) in [5, 5.41) is 3.56. The van der Waals surface area contributed by atoms with Crippen molar-refractivity contribution >= 4 is 23.4 Å². The van der Waals surface area contributed by atoms with Gasteiger partial charge in [0, 0.05) is 17.6 Å². The van der Waals surface area contributed by atoms with Gasteiger partial charge in [-0.15, -0.1) is 0 Å². The molecule has 1 heterocycles. The molecule has 4 rings (SSSR count). The summed E-state index contributed by atoms with van der Waals surface area (Å²) in [6, 6.07) is 16.6. The summed E-state index contributed by atoms with van der Waals surface area (Å²) in [5.41, 5.74) is 1.79. The van der Waals surface area contributed by atoms with E-state index in [2.05, 4.69) is 5.32 Å². The molecule has 3 atom stereocenters. The highest BCUT2D eigenvalue weighted by molar-refractivity contribution is 6.30. The molecule has 2 aliphatic rings. The van der Waals surface area contributed by atoms with Crippen LogP contribution in [0.5, 0.6) is 0 Å². The van der Waals surface area contributed by atoms with Crippen LogP contribution in [0.1, 0.15) is 36.4 Å². The van der Waals surface area contributed by atoms with Gasteiger partial charge >= 0.3 is 0 Å². The minimum absolute atomic E-state index is 0.0901. The first kappa shape index (κ1) is 17.1. The van der Waals surface area contributed by atoms with Crippen molar-refractivity contribution in [2.24, 2.45) is 5.92 Å². The highest BCUT2D eigenvalue weighted by Gasteiger charge is 2.54. The van der Waals surface area contributed by atoms with Crippen LogP contribution in [0.15, 0.2) is 54.6 Å². The van der Waals surface area contributed by atoms with Crippen molar-refractivity contribution in [3.63, 3.8) is 0 Å². The number of amides is 2. The van der Waals surface area contributed by atoms with E-state index >= 15 is 0 Å². The van der Waals surface area contributed by atoms with Crippen LogP contribution in [0.2, 0.25) is 5.02 Å². The molecule has 5 heteroatoms. The number of β-lactam (4-membered cyclic amide) rings is 1. The predicted molar refractivity (Wildman–Crippen MR) is 100 cm³/mol. The average molecular weight is 369 g/mol. The van der Waals surface area contributed by atoms with Gasteiger partial charge in [-0.1, -0.05) is 60.5 Å². The molecule has 1 saturated heterocycles. The van der Waals surface area contributed by atoms with Crippen LogP contribution in [0.4, 0.5) is 0 Å². The van der Waals surface area contributed by atoms with E-state index in [0.29, 0.717) is 11.6 Å². The van der Waals surface area contributed by atoms with Crippen LogP contribution in [0.3, 0.4) is 0 Å². The maximum atomic E-state index is 13.0. The molecule has 1 aliphatic carbocycles. The summed E-state index contributed by atoms with van der Waals surface area (Å²) in [5.74, 6) is 0.0285. The fraction of sp³-hybridized carbons (Fsp3) is 0.333. The second kappa shape index (κ2) is 7.12. The number of likely N-dealkylation sites (tertiary alicyclic amines) is 1. The smallest absolute Gasteiger partial charge is 0.247 e. The first-order valence-electron chi connectivity index (χ1n) is 9.04. The van der Waals surface area contributed by atoms with E-state index in [1.54, 1.807) is 17.0 Å². The van der Waals surface area contributed by atoms with Gasteiger partial charge < -0.3 is 10.2 Å². The second-order valence-corrected chi connectivity index (χ2v) is 7.45. The lowest BCUT2D eigenvalue weighted by atomic mass is 9.86. The van der Waals surface area contributed by atoms with Crippen molar-refractivity contribution < 1.29 is 9.59 Å². The zero-order chi connectivity index (χ0) is 18.1. The molecule has 0 spiro atoms. The van der Waals surface area contributed by atoms with Crippen LogP contribution in [-0.2, 0) is 16.1 Å². The Morgan fingerprint density at radius 1 is 1.15 bits per heavy atom. The molecule has 1 saturated carbocycles. The molecule has 1 aliphatic heterocycles. The predicted octanol–water partition coefficient (Wildman–Crippen LogP) is 3.71. The van der Waals surface area contributed by atoms with Crippen LogP contribution >= 0.6 is 11.6 Å². The minimum atomic E-state index is -0.621. The Morgan fingerprint density at radius 2 is 1.96 bits per heavy atom. The van der Waals surface area contributed by atoms with E-state index in [1.165, 1.54) is 0 Å². The number of benzene rings is 2. The zero-order valence-electron chi connectivity index (χ0n) is 14.4. The lowest BCUT2D eigenvalue weighted by molar-refractivity contribution is -0.162. The summed E-state index contributed by atoms with van der Waals surface area (Å²) < 4.78 is 0. The minimum Gasteiger partial charge on any atom is -0.350 e. The molecule has 2 aromatic carbocycles. The number of hydrogen-bond donors (Lipinski definition) is 1. The molecular formula is C21H21ClN2O2. The fourth-order valence-electron chi connectivity index (χ4n) is 4.15. The van der Waals surface area contributed by atoms with Gasteiger partial charge in [0.1, 0.15) is 6.04 Å². The third kappa shape index (κ3) is 3.10. The molecule has 1 unspecified atom stereocenters. The van der Waals surface area contributed by atoms with Crippen molar-refractivity contribution in [3.8, 4) is 0 Å². The number of carbonyl (C=O) groups excluding carboxylic acids is 2. The van der Waals surface area contributed by atoms with Crippen molar-refractivity contribution in [1.29, 1.82) is 0 Å². The van der Waals surface area contributed by atoms with Gasteiger partial charge in [-0.05, 0) is 36.1 Å². The number of halogens is 1. The number of rotatable bonds is 5. The summed E-state index contributed by atoms with van der Waals surface area (Å²) in [7, 11) is 0. The summed E-state index contributed by atoms with van der Waals surface area (Å²) in [6.45, 7) is 0.437. The normalized spacial score (nSPS) is 22.5. The number of fused-ring (bicyclic) bond motifs is 1. The third-order valence-corrected chi connectivity index (χ3v) is 5.64. The van der Waals surface area contributed by atoms with Crippen molar-refractivity contribution in [2.45, 2.75) is 37.9 Å². The summed E-state index contributed by atoms with van der Waals surface area (Å²) >= 11 is 6.14. The van der Waals surface area contributed by atoms with Gasteiger partial charge in [0.15, 0.2) is 0 Å². The first-order valence-corrected chi connectivity index (χ1v) is 9.42. The molecule has 134 valence electrons. The lowest BCUT2D eigenvalue weighted by Gasteiger charge is -2.47. The molecule has 2 amide bonds. The van der Waals surface area contributed by atoms with Gasteiger partial charge in [-0.3, -0.25) is 9.59 Å². The molecule has 4 nitrogen and oxygen atoms in total. The standard InChI is InChI=1S/C21H21ClN2O2/c22-16-9-4-8-15(12-16)19(24-18-11-5-10-17(18)21(24)26)20(25)23-13-14-6-2-1-3-7-14/h1-4,6-9,12,17-19H,5,10-11,13H2,(H,23,25)/t17-,18+,19?/m1/s1.